The van der Waals surface area contributed by atoms with Gasteiger partial charge in [-0.15, -0.1) is 0 Å². The molecule has 120 valence electrons. The number of rotatable bonds is 7. The van der Waals surface area contributed by atoms with Crippen molar-refractivity contribution in [2.24, 2.45) is 5.92 Å². The maximum Gasteiger partial charge on any atom is 0.308 e. The number of para-hydroxylation sites is 1. The quantitative estimate of drug-likeness (QED) is 0.771. The van der Waals surface area contributed by atoms with Gasteiger partial charge in [-0.05, 0) is 25.0 Å². The molecule has 1 amide bonds. The lowest BCUT2D eigenvalue weighted by atomic mass is 9.98. The van der Waals surface area contributed by atoms with Gasteiger partial charge in [0.1, 0.15) is 19.0 Å². The summed E-state index contributed by atoms with van der Waals surface area (Å²) in [6.07, 6.45) is 1.35. The summed E-state index contributed by atoms with van der Waals surface area (Å²) in [5, 5.41) is 9.01. The molecule has 1 heterocycles. The van der Waals surface area contributed by atoms with Gasteiger partial charge in [-0.25, -0.2) is 0 Å². The van der Waals surface area contributed by atoms with Crippen molar-refractivity contribution in [3.63, 3.8) is 0 Å². The van der Waals surface area contributed by atoms with E-state index in [0.29, 0.717) is 26.2 Å². The number of benzene rings is 1. The summed E-state index contributed by atoms with van der Waals surface area (Å²) in [6.45, 7) is 1.53. The van der Waals surface area contributed by atoms with Crippen LogP contribution in [0.4, 0.5) is 0 Å². The van der Waals surface area contributed by atoms with Crippen molar-refractivity contribution in [3.8, 4) is 5.75 Å². The average Bonchev–Trinajstić information content (AvgIpc) is 2.55. The molecule has 2 rings (SSSR count). The van der Waals surface area contributed by atoms with E-state index in [0.717, 1.165) is 12.2 Å². The molecule has 22 heavy (non-hydrogen) atoms. The Labute approximate surface area is 129 Å². The molecule has 6 heteroatoms. The first-order valence-corrected chi connectivity index (χ1v) is 7.43. The molecule has 1 N–H and O–H groups in total. The van der Waals surface area contributed by atoms with Crippen LogP contribution in [0.3, 0.4) is 0 Å². The Kier molecular flexibility index (Phi) is 6.21. The topological polar surface area (TPSA) is 76.1 Å². The van der Waals surface area contributed by atoms with Crippen molar-refractivity contribution in [3.05, 3.63) is 30.3 Å². The Morgan fingerprint density at radius 2 is 2.00 bits per heavy atom. The van der Waals surface area contributed by atoms with Crippen LogP contribution in [0.1, 0.15) is 12.8 Å². The van der Waals surface area contributed by atoms with Crippen LogP contribution in [-0.4, -0.2) is 54.8 Å². The second kappa shape index (κ2) is 8.38. The number of piperidine rings is 1. The third-order valence-corrected chi connectivity index (χ3v) is 3.59. The van der Waals surface area contributed by atoms with Crippen LogP contribution < -0.4 is 4.74 Å². The van der Waals surface area contributed by atoms with Gasteiger partial charge in [-0.3, -0.25) is 9.59 Å². The molecule has 1 aromatic rings. The number of ether oxygens (including phenoxy) is 2. The van der Waals surface area contributed by atoms with E-state index in [1.54, 1.807) is 4.90 Å². The fraction of sp³-hybridized carbons (Fsp3) is 0.500. The van der Waals surface area contributed by atoms with Gasteiger partial charge in [-0.2, -0.15) is 0 Å². The van der Waals surface area contributed by atoms with Gasteiger partial charge in [0.05, 0.1) is 12.5 Å². The zero-order valence-electron chi connectivity index (χ0n) is 12.4. The van der Waals surface area contributed by atoms with Gasteiger partial charge >= 0.3 is 5.97 Å². The third kappa shape index (κ3) is 5.04. The van der Waals surface area contributed by atoms with Crippen molar-refractivity contribution >= 4 is 11.9 Å². The summed E-state index contributed by atoms with van der Waals surface area (Å²) in [7, 11) is 0. The van der Waals surface area contributed by atoms with Gasteiger partial charge in [0.2, 0.25) is 5.91 Å². The first-order chi connectivity index (χ1) is 10.7. The predicted molar refractivity (Wildman–Crippen MR) is 79.7 cm³/mol. The van der Waals surface area contributed by atoms with E-state index in [1.165, 1.54) is 0 Å². The second-order valence-electron chi connectivity index (χ2n) is 5.23. The molecule has 1 atom stereocenters. The van der Waals surface area contributed by atoms with Crippen LogP contribution in [0.5, 0.6) is 5.75 Å². The molecule has 1 aromatic carbocycles. The summed E-state index contributed by atoms with van der Waals surface area (Å²) in [5.41, 5.74) is 0. The Balaban J connectivity index is 1.62. The summed E-state index contributed by atoms with van der Waals surface area (Å²) < 4.78 is 10.8. The Morgan fingerprint density at radius 3 is 2.73 bits per heavy atom. The van der Waals surface area contributed by atoms with Gasteiger partial charge in [-0.1, -0.05) is 18.2 Å². The van der Waals surface area contributed by atoms with E-state index in [9.17, 15) is 9.59 Å². The maximum absolute atomic E-state index is 12.0. The van der Waals surface area contributed by atoms with E-state index in [1.807, 2.05) is 30.3 Å². The molecule has 6 nitrogen and oxygen atoms in total. The maximum atomic E-state index is 12.0. The highest BCUT2D eigenvalue weighted by atomic mass is 16.5. The second-order valence-corrected chi connectivity index (χ2v) is 5.23. The van der Waals surface area contributed by atoms with Crippen molar-refractivity contribution in [1.29, 1.82) is 0 Å². The number of amides is 1. The zero-order chi connectivity index (χ0) is 15.8. The minimum absolute atomic E-state index is 0.0372. The highest BCUT2D eigenvalue weighted by molar-refractivity contribution is 5.79. The van der Waals surface area contributed by atoms with E-state index in [4.69, 9.17) is 14.6 Å². The number of aliphatic carboxylic acids is 1. The molecule has 1 fully saturated rings. The summed E-state index contributed by atoms with van der Waals surface area (Å²) in [5.74, 6) is -0.697. The predicted octanol–water partition coefficient (Wildman–Crippen LogP) is 1.41. The number of hydrogen-bond donors (Lipinski definition) is 1. The Bertz CT molecular complexity index is 491. The van der Waals surface area contributed by atoms with Crippen LogP contribution in [0.25, 0.3) is 0 Å². The van der Waals surface area contributed by atoms with Crippen LogP contribution in [0, 0.1) is 5.92 Å². The normalized spacial score (nSPS) is 18.0. The largest absolute Gasteiger partial charge is 0.491 e. The Morgan fingerprint density at radius 1 is 1.23 bits per heavy atom. The van der Waals surface area contributed by atoms with E-state index in [-0.39, 0.29) is 19.1 Å². The number of hydrogen-bond acceptors (Lipinski definition) is 4. The molecule has 0 aliphatic carbocycles. The van der Waals surface area contributed by atoms with Crippen LogP contribution >= 0.6 is 0 Å². The fourth-order valence-corrected chi connectivity index (χ4v) is 2.39. The SMILES string of the molecule is O=C(O)[C@H]1CCCN(C(=O)COCCOc2ccccc2)C1. The number of carbonyl (C=O) groups is 2. The monoisotopic (exact) mass is 307 g/mol. The Hall–Kier alpha value is -2.08. The van der Waals surface area contributed by atoms with E-state index < -0.39 is 11.9 Å². The smallest absolute Gasteiger partial charge is 0.308 e. The van der Waals surface area contributed by atoms with Crippen molar-refractivity contribution in [2.75, 3.05) is 32.9 Å². The lowest BCUT2D eigenvalue weighted by molar-refractivity contribution is -0.147. The van der Waals surface area contributed by atoms with Crippen LogP contribution in [-0.2, 0) is 14.3 Å². The molecular formula is C16H21NO5. The fourth-order valence-electron chi connectivity index (χ4n) is 2.39. The standard InChI is InChI=1S/C16H21NO5/c18-15(17-8-4-5-13(11-17)16(19)20)12-21-9-10-22-14-6-2-1-3-7-14/h1-3,6-7,13H,4-5,8-12H2,(H,19,20)/t13-/m0/s1. The number of carboxylic acid groups (broad SMARTS) is 1. The molecular weight excluding hydrogens is 286 g/mol. The number of likely N-dealkylation sites (tertiary alicyclic amines) is 1. The highest BCUT2D eigenvalue weighted by Crippen LogP contribution is 2.16. The third-order valence-electron chi connectivity index (χ3n) is 3.59. The highest BCUT2D eigenvalue weighted by Gasteiger charge is 2.27. The molecule has 1 saturated heterocycles. The van der Waals surface area contributed by atoms with Crippen LogP contribution in [0.15, 0.2) is 30.3 Å². The lowest BCUT2D eigenvalue weighted by Crippen LogP contribution is -2.43. The molecule has 0 saturated carbocycles. The van der Waals surface area contributed by atoms with Crippen molar-refractivity contribution in [1.82, 2.24) is 4.90 Å². The summed E-state index contributed by atoms with van der Waals surface area (Å²) in [4.78, 5) is 24.5. The van der Waals surface area contributed by atoms with E-state index >= 15 is 0 Å². The molecule has 1 aliphatic heterocycles. The first kappa shape index (κ1) is 16.3. The lowest BCUT2D eigenvalue weighted by Gasteiger charge is -2.30. The molecule has 0 aromatic heterocycles. The van der Waals surface area contributed by atoms with Crippen molar-refractivity contribution in [2.45, 2.75) is 12.8 Å². The molecule has 1 aliphatic rings. The van der Waals surface area contributed by atoms with Gasteiger partial charge in [0.25, 0.3) is 0 Å². The minimum Gasteiger partial charge on any atom is -0.491 e. The van der Waals surface area contributed by atoms with E-state index in [2.05, 4.69) is 0 Å². The summed E-state index contributed by atoms with van der Waals surface area (Å²) in [6, 6.07) is 9.38. The molecule has 0 bridgehead atoms. The average molecular weight is 307 g/mol. The number of nitrogens with zero attached hydrogens (tertiary/aromatic N) is 1. The van der Waals surface area contributed by atoms with Crippen molar-refractivity contribution < 1.29 is 24.2 Å². The first-order valence-electron chi connectivity index (χ1n) is 7.43. The van der Waals surface area contributed by atoms with Gasteiger partial charge in [0.15, 0.2) is 0 Å². The van der Waals surface area contributed by atoms with Gasteiger partial charge in [0, 0.05) is 13.1 Å². The molecule has 0 radical (unpaired) electrons. The number of carboxylic acids is 1. The molecule has 0 spiro atoms. The van der Waals surface area contributed by atoms with Gasteiger partial charge < -0.3 is 19.5 Å². The zero-order valence-corrected chi connectivity index (χ0v) is 12.4. The van der Waals surface area contributed by atoms with Crippen LogP contribution in [0.2, 0.25) is 0 Å². The summed E-state index contributed by atoms with van der Waals surface area (Å²) >= 11 is 0. The minimum atomic E-state index is -0.838. The number of carbonyl (C=O) groups excluding carboxylic acids is 1. The molecule has 0 unspecified atom stereocenters.